The fourth-order valence-corrected chi connectivity index (χ4v) is 1.23. The molecule has 0 heterocycles. The van der Waals surface area contributed by atoms with Crippen molar-refractivity contribution in [1.29, 1.82) is 0 Å². The summed E-state index contributed by atoms with van der Waals surface area (Å²) in [5, 5.41) is 2.12. The molecule has 0 saturated heterocycles. The van der Waals surface area contributed by atoms with Crippen molar-refractivity contribution < 1.29 is 26.7 Å². The molecule has 0 aliphatic rings. The molecule has 0 atom stereocenters. The summed E-state index contributed by atoms with van der Waals surface area (Å²) in [7, 11) is 0. The second-order valence-corrected chi connectivity index (χ2v) is 3.79. The van der Waals surface area contributed by atoms with Gasteiger partial charge in [0.1, 0.15) is 5.69 Å². The minimum Gasteiger partial charge on any atom is -0.378 e. The van der Waals surface area contributed by atoms with Crippen molar-refractivity contribution >= 4 is 5.69 Å². The molecule has 18 heavy (non-hydrogen) atoms. The Hall–Kier alpha value is -1.37. The summed E-state index contributed by atoms with van der Waals surface area (Å²) in [5.74, 6) is -9.87. The van der Waals surface area contributed by atoms with E-state index in [0.717, 1.165) is 0 Å². The van der Waals surface area contributed by atoms with Gasteiger partial charge < -0.3 is 10.1 Å². The summed E-state index contributed by atoms with van der Waals surface area (Å²) >= 11 is 0. The van der Waals surface area contributed by atoms with Crippen LogP contribution < -0.4 is 5.32 Å². The van der Waals surface area contributed by atoms with E-state index >= 15 is 0 Å². The number of hydrogen-bond donors (Lipinski definition) is 1. The second kappa shape index (κ2) is 5.99. The summed E-state index contributed by atoms with van der Waals surface area (Å²) in [4.78, 5) is 0. The molecule has 0 spiro atoms. The molecule has 2 nitrogen and oxygen atoms in total. The molecule has 0 unspecified atom stereocenters. The van der Waals surface area contributed by atoms with E-state index in [4.69, 9.17) is 4.74 Å². The molecule has 0 aliphatic carbocycles. The van der Waals surface area contributed by atoms with Crippen LogP contribution in [0.25, 0.3) is 0 Å². The third-order valence-electron chi connectivity index (χ3n) is 2.06. The number of hydrogen-bond acceptors (Lipinski definition) is 2. The monoisotopic (exact) mass is 269 g/mol. The number of halogens is 5. The zero-order chi connectivity index (χ0) is 13.9. The second-order valence-electron chi connectivity index (χ2n) is 3.79. The minimum atomic E-state index is -2.17. The molecule has 0 amide bonds. The Labute approximate surface area is 101 Å². The summed E-state index contributed by atoms with van der Waals surface area (Å²) in [6, 6.07) is 0. The van der Waals surface area contributed by atoms with Crippen LogP contribution in [0.3, 0.4) is 0 Å². The van der Waals surface area contributed by atoms with Crippen LogP contribution in [0.2, 0.25) is 0 Å². The van der Waals surface area contributed by atoms with Gasteiger partial charge in [-0.1, -0.05) is 0 Å². The zero-order valence-electron chi connectivity index (χ0n) is 9.79. The van der Waals surface area contributed by atoms with Crippen molar-refractivity contribution in [2.24, 2.45) is 0 Å². The lowest BCUT2D eigenvalue weighted by molar-refractivity contribution is 0.0870. The quantitative estimate of drug-likeness (QED) is 0.383. The van der Waals surface area contributed by atoms with E-state index in [1.54, 1.807) is 13.8 Å². The summed E-state index contributed by atoms with van der Waals surface area (Å²) in [5.41, 5.74) is -1.04. The third-order valence-corrected chi connectivity index (χ3v) is 2.06. The molecular weight excluding hydrogens is 257 g/mol. The number of anilines is 1. The fourth-order valence-electron chi connectivity index (χ4n) is 1.23. The highest BCUT2D eigenvalue weighted by molar-refractivity contribution is 5.47. The SMILES string of the molecule is CC(C)OCCNc1c(F)c(F)c(F)c(F)c1F. The van der Waals surface area contributed by atoms with Gasteiger partial charge in [0.05, 0.1) is 12.7 Å². The Morgan fingerprint density at radius 2 is 1.33 bits per heavy atom. The minimum absolute atomic E-state index is 0.0729. The summed E-state index contributed by atoms with van der Waals surface area (Å²) in [6.45, 7) is 3.50. The highest BCUT2D eigenvalue weighted by Gasteiger charge is 2.25. The molecule has 0 aromatic heterocycles. The van der Waals surface area contributed by atoms with Crippen LogP contribution in [0.4, 0.5) is 27.6 Å². The Kier molecular flexibility index (Phi) is 4.89. The van der Waals surface area contributed by atoms with E-state index in [2.05, 4.69) is 5.32 Å². The van der Waals surface area contributed by atoms with Crippen LogP contribution in [-0.2, 0) is 4.74 Å². The molecule has 1 aromatic carbocycles. The topological polar surface area (TPSA) is 21.3 Å². The number of rotatable bonds is 5. The van der Waals surface area contributed by atoms with E-state index < -0.39 is 34.8 Å². The standard InChI is InChI=1S/C11H12F5NO/c1-5(2)18-4-3-17-11-9(15)7(13)6(12)8(14)10(11)16/h5,17H,3-4H2,1-2H3. The first kappa shape index (κ1) is 14.7. The van der Waals surface area contributed by atoms with Crippen LogP contribution in [0.1, 0.15) is 13.8 Å². The van der Waals surface area contributed by atoms with E-state index in [9.17, 15) is 22.0 Å². The first-order valence-electron chi connectivity index (χ1n) is 5.23. The lowest BCUT2D eigenvalue weighted by Crippen LogP contribution is -2.16. The maximum atomic E-state index is 13.2. The predicted molar refractivity (Wildman–Crippen MR) is 55.8 cm³/mol. The fraction of sp³-hybridized carbons (Fsp3) is 0.455. The van der Waals surface area contributed by atoms with Gasteiger partial charge in [0.15, 0.2) is 23.3 Å². The van der Waals surface area contributed by atoms with E-state index in [1.807, 2.05) is 0 Å². The molecule has 102 valence electrons. The number of ether oxygens (including phenoxy) is 1. The Bertz CT molecular complexity index is 407. The number of nitrogens with one attached hydrogen (secondary N) is 1. The molecule has 0 aliphatic heterocycles. The summed E-state index contributed by atoms with van der Waals surface area (Å²) in [6.07, 6.45) is -0.0943. The lowest BCUT2D eigenvalue weighted by Gasteiger charge is -2.12. The molecular formula is C11H12F5NO. The third kappa shape index (κ3) is 3.10. The van der Waals surface area contributed by atoms with Crippen LogP contribution in [0.15, 0.2) is 0 Å². The normalized spacial score (nSPS) is 11.1. The van der Waals surface area contributed by atoms with Gasteiger partial charge in [-0.25, -0.2) is 22.0 Å². The van der Waals surface area contributed by atoms with Crippen LogP contribution in [0.5, 0.6) is 0 Å². The van der Waals surface area contributed by atoms with Crippen LogP contribution in [-0.4, -0.2) is 19.3 Å². The Morgan fingerprint density at radius 1 is 0.889 bits per heavy atom. The van der Waals surface area contributed by atoms with E-state index in [1.165, 1.54) is 0 Å². The maximum Gasteiger partial charge on any atom is 0.200 e. The Morgan fingerprint density at radius 3 is 1.78 bits per heavy atom. The summed E-state index contributed by atoms with van der Waals surface area (Å²) < 4.78 is 69.7. The van der Waals surface area contributed by atoms with Crippen molar-refractivity contribution in [2.45, 2.75) is 20.0 Å². The van der Waals surface area contributed by atoms with Crippen LogP contribution >= 0.6 is 0 Å². The van der Waals surface area contributed by atoms with Gasteiger partial charge in [0, 0.05) is 6.54 Å². The molecule has 0 radical (unpaired) electrons. The molecule has 1 N–H and O–H groups in total. The first-order chi connectivity index (χ1) is 8.36. The number of benzene rings is 1. The molecule has 1 rings (SSSR count). The molecule has 0 bridgehead atoms. The van der Waals surface area contributed by atoms with Gasteiger partial charge >= 0.3 is 0 Å². The maximum absolute atomic E-state index is 13.2. The smallest absolute Gasteiger partial charge is 0.200 e. The molecule has 7 heteroatoms. The highest BCUT2D eigenvalue weighted by atomic mass is 19.2. The van der Waals surface area contributed by atoms with Crippen molar-refractivity contribution in [1.82, 2.24) is 0 Å². The van der Waals surface area contributed by atoms with Gasteiger partial charge in [-0.2, -0.15) is 0 Å². The van der Waals surface area contributed by atoms with Crippen molar-refractivity contribution in [3.8, 4) is 0 Å². The average molecular weight is 269 g/mol. The van der Waals surface area contributed by atoms with Crippen LogP contribution in [0, 0.1) is 29.1 Å². The van der Waals surface area contributed by atoms with Crippen molar-refractivity contribution in [3.63, 3.8) is 0 Å². The molecule has 0 saturated carbocycles. The molecule has 1 aromatic rings. The predicted octanol–water partition coefficient (Wildman–Crippen LogP) is 3.22. The Balaban J connectivity index is 2.83. The van der Waals surface area contributed by atoms with Crippen molar-refractivity contribution in [3.05, 3.63) is 29.1 Å². The van der Waals surface area contributed by atoms with Gasteiger partial charge in [-0.3, -0.25) is 0 Å². The van der Waals surface area contributed by atoms with Gasteiger partial charge in [0.25, 0.3) is 0 Å². The van der Waals surface area contributed by atoms with E-state index in [0.29, 0.717) is 0 Å². The highest BCUT2D eigenvalue weighted by Crippen LogP contribution is 2.26. The van der Waals surface area contributed by atoms with Gasteiger partial charge in [-0.05, 0) is 13.8 Å². The van der Waals surface area contributed by atoms with Gasteiger partial charge in [0.2, 0.25) is 5.82 Å². The lowest BCUT2D eigenvalue weighted by atomic mass is 10.2. The molecule has 0 fully saturated rings. The first-order valence-corrected chi connectivity index (χ1v) is 5.23. The average Bonchev–Trinajstić information content (AvgIpc) is 2.32. The zero-order valence-corrected chi connectivity index (χ0v) is 9.79. The van der Waals surface area contributed by atoms with Gasteiger partial charge in [-0.15, -0.1) is 0 Å². The largest absolute Gasteiger partial charge is 0.378 e. The van der Waals surface area contributed by atoms with Crippen molar-refractivity contribution in [2.75, 3.05) is 18.5 Å². The van der Waals surface area contributed by atoms with E-state index in [-0.39, 0.29) is 19.3 Å².